The molecule has 1 unspecified atom stereocenters. The van der Waals surface area contributed by atoms with Gasteiger partial charge < -0.3 is 5.32 Å². The summed E-state index contributed by atoms with van der Waals surface area (Å²) in [4.78, 5) is 13.5. The first-order chi connectivity index (χ1) is 10.2. The van der Waals surface area contributed by atoms with Gasteiger partial charge in [0.15, 0.2) is 5.78 Å². The third-order valence-corrected chi connectivity index (χ3v) is 6.04. The van der Waals surface area contributed by atoms with Gasteiger partial charge >= 0.3 is 0 Å². The Labute approximate surface area is 134 Å². The van der Waals surface area contributed by atoms with Gasteiger partial charge in [-0.3, -0.25) is 4.79 Å². The maximum Gasteiger partial charge on any atom is 0.180 e. The molecular formula is C16H22FNOS2. The van der Waals surface area contributed by atoms with Crippen LogP contribution in [0.3, 0.4) is 0 Å². The molecule has 0 radical (unpaired) electrons. The molecule has 1 aromatic heterocycles. The van der Waals surface area contributed by atoms with Gasteiger partial charge in [0.1, 0.15) is 6.67 Å². The molecule has 0 saturated heterocycles. The van der Waals surface area contributed by atoms with Gasteiger partial charge in [-0.1, -0.05) is 44.4 Å². The molecule has 2 heterocycles. The Hall–Kier alpha value is -0.810. The number of hydrogen-bond acceptors (Lipinski definition) is 4. The highest BCUT2D eigenvalue weighted by Gasteiger charge is 2.35. The molecular weight excluding hydrogens is 305 g/mol. The van der Waals surface area contributed by atoms with E-state index < -0.39 is 6.67 Å². The van der Waals surface area contributed by atoms with Crippen LogP contribution in [-0.2, 0) is 11.5 Å². The van der Waals surface area contributed by atoms with Crippen molar-refractivity contribution in [1.29, 1.82) is 0 Å². The van der Waals surface area contributed by atoms with Gasteiger partial charge in [-0.25, -0.2) is 4.39 Å². The molecule has 5 heteroatoms. The summed E-state index contributed by atoms with van der Waals surface area (Å²) in [6.07, 6.45) is 5.60. The SMILES string of the molecule is CCCCCCC1SC(NC)=C(c2sccc2CF)C1=O. The average molecular weight is 327 g/mol. The molecule has 1 N–H and O–H groups in total. The molecule has 0 aliphatic carbocycles. The molecule has 1 aromatic rings. The highest BCUT2D eigenvalue weighted by Crippen LogP contribution is 2.43. The summed E-state index contributed by atoms with van der Waals surface area (Å²) < 4.78 is 13.1. The van der Waals surface area contributed by atoms with E-state index in [1.54, 1.807) is 17.8 Å². The third-order valence-electron chi connectivity index (χ3n) is 3.69. The summed E-state index contributed by atoms with van der Waals surface area (Å²) in [6.45, 7) is 1.67. The molecule has 0 spiro atoms. The smallest absolute Gasteiger partial charge is 0.180 e. The van der Waals surface area contributed by atoms with Crippen LogP contribution in [0.5, 0.6) is 0 Å². The number of thioether (sulfide) groups is 1. The second-order valence-electron chi connectivity index (χ2n) is 5.18. The molecule has 116 valence electrons. The van der Waals surface area contributed by atoms with Crippen LogP contribution >= 0.6 is 23.1 Å². The summed E-state index contributed by atoms with van der Waals surface area (Å²) >= 11 is 3.06. The number of ketones is 1. The highest BCUT2D eigenvalue weighted by molar-refractivity contribution is 8.05. The topological polar surface area (TPSA) is 29.1 Å². The van der Waals surface area contributed by atoms with Crippen LogP contribution < -0.4 is 5.32 Å². The maximum atomic E-state index is 13.1. The second kappa shape index (κ2) is 7.99. The number of nitrogens with one attached hydrogen (secondary N) is 1. The van der Waals surface area contributed by atoms with E-state index in [1.165, 1.54) is 30.6 Å². The minimum Gasteiger partial charge on any atom is -0.382 e. The van der Waals surface area contributed by atoms with Crippen molar-refractivity contribution in [3.63, 3.8) is 0 Å². The molecule has 0 saturated carbocycles. The molecule has 1 aliphatic rings. The lowest BCUT2D eigenvalue weighted by atomic mass is 10.0. The number of allylic oxidation sites excluding steroid dienone is 1. The summed E-state index contributed by atoms with van der Waals surface area (Å²) in [6, 6.07) is 1.77. The minimum absolute atomic E-state index is 0.00568. The zero-order valence-corrected chi connectivity index (χ0v) is 14.2. The van der Waals surface area contributed by atoms with E-state index >= 15 is 0 Å². The predicted molar refractivity (Wildman–Crippen MR) is 90.3 cm³/mol. The first kappa shape index (κ1) is 16.6. The highest BCUT2D eigenvalue weighted by atomic mass is 32.2. The predicted octanol–water partition coefficient (Wildman–Crippen LogP) is 4.76. The molecule has 2 nitrogen and oxygen atoms in total. The summed E-state index contributed by atoms with van der Waals surface area (Å²) in [5.74, 6) is 0.165. The number of rotatable bonds is 8. The van der Waals surface area contributed by atoms with Crippen LogP contribution in [0.2, 0.25) is 0 Å². The van der Waals surface area contributed by atoms with E-state index in [9.17, 15) is 9.18 Å². The van der Waals surface area contributed by atoms with Gasteiger partial charge in [0.2, 0.25) is 0 Å². The monoisotopic (exact) mass is 327 g/mol. The van der Waals surface area contributed by atoms with Crippen molar-refractivity contribution < 1.29 is 9.18 Å². The van der Waals surface area contributed by atoms with E-state index in [-0.39, 0.29) is 11.0 Å². The standard InChI is InChI=1S/C16H22FNOS2/c1-3-4-5-6-7-12-14(19)13(16(18-2)21-12)15-11(10-17)8-9-20-15/h8-9,12,18H,3-7,10H2,1-2H3. The van der Waals surface area contributed by atoms with Crippen molar-refractivity contribution in [3.05, 3.63) is 26.9 Å². The van der Waals surface area contributed by atoms with Gasteiger partial charge in [-0.15, -0.1) is 11.3 Å². The summed E-state index contributed by atoms with van der Waals surface area (Å²) in [5, 5.41) is 5.87. The van der Waals surface area contributed by atoms with Crippen LogP contribution in [0.4, 0.5) is 4.39 Å². The van der Waals surface area contributed by atoms with Crippen molar-refractivity contribution in [2.24, 2.45) is 0 Å². The number of halogens is 1. The number of alkyl halides is 1. The number of unbranched alkanes of at least 4 members (excludes halogenated alkanes) is 3. The van der Waals surface area contributed by atoms with E-state index in [1.807, 2.05) is 12.4 Å². The Kier molecular flexibility index (Phi) is 6.30. The Morgan fingerprint density at radius 1 is 1.33 bits per heavy atom. The fraction of sp³-hybridized carbons (Fsp3) is 0.562. The Bertz CT molecular complexity index is 524. The zero-order valence-electron chi connectivity index (χ0n) is 12.6. The molecule has 0 amide bonds. The summed E-state index contributed by atoms with van der Waals surface area (Å²) in [5.41, 5.74) is 1.33. The van der Waals surface area contributed by atoms with Crippen molar-refractivity contribution in [2.45, 2.75) is 51.0 Å². The van der Waals surface area contributed by atoms with Crippen molar-refractivity contribution in [2.75, 3.05) is 7.05 Å². The van der Waals surface area contributed by atoms with Crippen LogP contribution in [0.1, 0.15) is 49.5 Å². The average Bonchev–Trinajstić information content (AvgIpc) is 3.07. The molecule has 21 heavy (non-hydrogen) atoms. The lowest BCUT2D eigenvalue weighted by Gasteiger charge is -2.08. The molecule has 0 aromatic carbocycles. The number of carbonyl (C=O) groups is 1. The Balaban J connectivity index is 2.11. The number of carbonyl (C=O) groups excluding carboxylic acids is 1. The quantitative estimate of drug-likeness (QED) is 0.698. The third kappa shape index (κ3) is 3.69. The lowest BCUT2D eigenvalue weighted by Crippen LogP contribution is -2.13. The number of Topliss-reactive ketones (excluding diaryl/α,β-unsaturated/α-hetero) is 1. The first-order valence-corrected chi connectivity index (χ1v) is 9.24. The van der Waals surface area contributed by atoms with Crippen molar-refractivity contribution >= 4 is 34.5 Å². The summed E-state index contributed by atoms with van der Waals surface area (Å²) in [7, 11) is 1.83. The van der Waals surface area contributed by atoms with Crippen LogP contribution in [0, 0.1) is 0 Å². The molecule has 2 rings (SSSR count). The van der Waals surface area contributed by atoms with E-state index in [0.29, 0.717) is 11.1 Å². The lowest BCUT2D eigenvalue weighted by molar-refractivity contribution is -0.113. The number of hydrogen-bond donors (Lipinski definition) is 1. The van der Waals surface area contributed by atoms with Gasteiger partial charge in [-0.05, 0) is 17.9 Å². The van der Waals surface area contributed by atoms with Crippen molar-refractivity contribution in [3.8, 4) is 0 Å². The molecule has 0 fully saturated rings. The van der Waals surface area contributed by atoms with E-state index in [0.717, 1.165) is 22.7 Å². The van der Waals surface area contributed by atoms with Gasteiger partial charge in [-0.2, -0.15) is 0 Å². The van der Waals surface area contributed by atoms with Crippen LogP contribution in [0.15, 0.2) is 16.5 Å². The van der Waals surface area contributed by atoms with Crippen LogP contribution in [-0.4, -0.2) is 18.1 Å². The molecule has 1 atom stereocenters. The fourth-order valence-electron chi connectivity index (χ4n) is 2.53. The van der Waals surface area contributed by atoms with E-state index in [2.05, 4.69) is 12.2 Å². The largest absolute Gasteiger partial charge is 0.382 e. The molecule has 0 bridgehead atoms. The zero-order chi connectivity index (χ0) is 15.2. The second-order valence-corrected chi connectivity index (χ2v) is 7.31. The maximum absolute atomic E-state index is 13.1. The minimum atomic E-state index is -0.515. The first-order valence-electron chi connectivity index (χ1n) is 7.48. The van der Waals surface area contributed by atoms with Gasteiger partial charge in [0, 0.05) is 17.5 Å². The van der Waals surface area contributed by atoms with Crippen molar-refractivity contribution in [1.82, 2.24) is 5.32 Å². The van der Waals surface area contributed by atoms with E-state index in [4.69, 9.17) is 0 Å². The number of thiophene rings is 1. The normalized spacial score (nSPS) is 18.6. The Morgan fingerprint density at radius 3 is 2.81 bits per heavy atom. The van der Waals surface area contributed by atoms with Gasteiger partial charge in [0.05, 0.1) is 15.9 Å². The molecule has 1 aliphatic heterocycles. The van der Waals surface area contributed by atoms with Gasteiger partial charge in [0.25, 0.3) is 0 Å². The fourth-order valence-corrected chi connectivity index (χ4v) is 4.79. The van der Waals surface area contributed by atoms with Crippen LogP contribution in [0.25, 0.3) is 5.57 Å². The Morgan fingerprint density at radius 2 is 2.14 bits per heavy atom.